The van der Waals surface area contributed by atoms with E-state index < -0.39 is 0 Å². The van der Waals surface area contributed by atoms with Gasteiger partial charge in [-0.2, -0.15) is 4.98 Å². The minimum absolute atomic E-state index is 0.313. The Balaban J connectivity index is 1.80. The van der Waals surface area contributed by atoms with E-state index >= 15 is 0 Å². The maximum Gasteiger partial charge on any atom is 0.226 e. The third kappa shape index (κ3) is 3.53. The molecule has 5 nitrogen and oxygen atoms in total. The van der Waals surface area contributed by atoms with Crippen LogP contribution >= 0.6 is 0 Å². The van der Waals surface area contributed by atoms with Crippen molar-refractivity contribution in [1.29, 1.82) is 0 Å². The summed E-state index contributed by atoms with van der Waals surface area (Å²) in [6.45, 7) is 7.20. The van der Waals surface area contributed by atoms with E-state index in [1.54, 1.807) is 0 Å². The molecule has 1 aliphatic heterocycles. The molecule has 0 radical (unpaired) electrons. The Morgan fingerprint density at radius 2 is 2.17 bits per heavy atom. The lowest BCUT2D eigenvalue weighted by atomic mass is 9.91. The van der Waals surface area contributed by atoms with Gasteiger partial charge in [0.2, 0.25) is 5.89 Å². The predicted molar refractivity (Wildman–Crippen MR) is 69.9 cm³/mol. The van der Waals surface area contributed by atoms with Crippen LogP contribution in [0.3, 0.4) is 0 Å². The van der Waals surface area contributed by atoms with Crippen molar-refractivity contribution in [3.05, 3.63) is 11.7 Å². The molecule has 0 saturated carbocycles. The van der Waals surface area contributed by atoms with E-state index in [4.69, 9.17) is 10.3 Å². The van der Waals surface area contributed by atoms with Crippen molar-refractivity contribution >= 4 is 0 Å². The molecule has 1 fully saturated rings. The number of nitrogens with two attached hydrogens (primary N) is 1. The molecule has 0 aromatic carbocycles. The van der Waals surface area contributed by atoms with Gasteiger partial charge in [0.1, 0.15) is 0 Å². The quantitative estimate of drug-likeness (QED) is 0.861. The number of hydrogen-bond donors (Lipinski definition) is 1. The summed E-state index contributed by atoms with van der Waals surface area (Å²) in [7, 11) is 0. The fourth-order valence-electron chi connectivity index (χ4n) is 2.51. The van der Waals surface area contributed by atoms with Crippen molar-refractivity contribution < 1.29 is 4.52 Å². The zero-order valence-corrected chi connectivity index (χ0v) is 11.4. The Kier molecular flexibility index (Phi) is 4.72. The predicted octanol–water partition coefficient (Wildman–Crippen LogP) is 1.58. The van der Waals surface area contributed by atoms with Crippen LogP contribution in [0.4, 0.5) is 0 Å². The maximum atomic E-state index is 5.94. The minimum Gasteiger partial charge on any atom is -0.339 e. The first-order chi connectivity index (χ1) is 8.69. The highest BCUT2D eigenvalue weighted by molar-refractivity contribution is 4.88. The fourth-order valence-corrected chi connectivity index (χ4v) is 2.51. The topological polar surface area (TPSA) is 68.2 Å². The van der Waals surface area contributed by atoms with Crippen molar-refractivity contribution in [2.75, 3.05) is 13.1 Å². The average Bonchev–Trinajstić information content (AvgIpc) is 2.78. The number of nitrogens with zero attached hydrogens (tertiary/aromatic N) is 3. The Bertz CT molecular complexity index is 356. The van der Waals surface area contributed by atoms with Gasteiger partial charge in [0.15, 0.2) is 5.82 Å². The van der Waals surface area contributed by atoms with Gasteiger partial charge in [-0.1, -0.05) is 12.1 Å². The van der Waals surface area contributed by atoms with Crippen LogP contribution in [0.2, 0.25) is 0 Å². The van der Waals surface area contributed by atoms with Gasteiger partial charge >= 0.3 is 0 Å². The van der Waals surface area contributed by atoms with Gasteiger partial charge in [-0.15, -0.1) is 0 Å². The van der Waals surface area contributed by atoms with Gasteiger partial charge in [-0.05, 0) is 45.2 Å². The van der Waals surface area contributed by atoms with Crippen LogP contribution in [0.25, 0.3) is 0 Å². The summed E-state index contributed by atoms with van der Waals surface area (Å²) in [6.07, 6.45) is 4.27. The fraction of sp³-hybridized carbons (Fsp3) is 0.846. The highest BCUT2D eigenvalue weighted by atomic mass is 16.5. The van der Waals surface area contributed by atoms with Crippen molar-refractivity contribution in [2.45, 2.75) is 52.1 Å². The molecule has 18 heavy (non-hydrogen) atoms. The Hall–Kier alpha value is -0.940. The molecule has 0 amide bonds. The van der Waals surface area contributed by atoms with Crippen molar-refractivity contribution in [3.63, 3.8) is 0 Å². The molecule has 1 saturated heterocycles. The lowest BCUT2D eigenvalue weighted by Gasteiger charge is -2.32. The van der Waals surface area contributed by atoms with Crippen LogP contribution in [0.15, 0.2) is 4.52 Å². The molecule has 2 N–H and O–H groups in total. The molecular formula is C13H24N4O. The van der Waals surface area contributed by atoms with E-state index in [-0.39, 0.29) is 0 Å². The number of likely N-dealkylation sites (tertiary alicyclic amines) is 1. The summed E-state index contributed by atoms with van der Waals surface area (Å²) in [5, 5.41) is 4.03. The third-order valence-corrected chi connectivity index (χ3v) is 3.71. The van der Waals surface area contributed by atoms with E-state index in [0.29, 0.717) is 12.0 Å². The van der Waals surface area contributed by atoms with E-state index in [1.807, 2.05) is 0 Å². The van der Waals surface area contributed by atoms with Crippen molar-refractivity contribution in [1.82, 2.24) is 15.0 Å². The lowest BCUT2D eigenvalue weighted by molar-refractivity contribution is 0.161. The van der Waals surface area contributed by atoms with Crippen LogP contribution in [0.1, 0.15) is 44.8 Å². The molecule has 0 bridgehead atoms. The van der Waals surface area contributed by atoms with Gasteiger partial charge in [-0.25, -0.2) is 0 Å². The van der Waals surface area contributed by atoms with Gasteiger partial charge < -0.3 is 10.3 Å². The normalized spacial score (nSPS) is 20.2. The van der Waals surface area contributed by atoms with Gasteiger partial charge in [0, 0.05) is 12.5 Å². The van der Waals surface area contributed by atoms with Crippen LogP contribution in [0.5, 0.6) is 0 Å². The lowest BCUT2D eigenvalue weighted by Crippen LogP contribution is -2.39. The van der Waals surface area contributed by atoms with Gasteiger partial charge in [0.25, 0.3) is 0 Å². The molecular weight excluding hydrogens is 228 g/mol. The summed E-state index contributed by atoms with van der Waals surface area (Å²) >= 11 is 0. The zero-order chi connectivity index (χ0) is 13.0. The Morgan fingerprint density at radius 1 is 1.44 bits per heavy atom. The Morgan fingerprint density at radius 3 is 2.78 bits per heavy atom. The number of rotatable bonds is 5. The summed E-state index contributed by atoms with van der Waals surface area (Å²) in [6, 6.07) is 0.313. The third-order valence-electron chi connectivity index (χ3n) is 3.71. The molecule has 1 aromatic rings. The van der Waals surface area contributed by atoms with Crippen LogP contribution in [0, 0.1) is 5.92 Å². The van der Waals surface area contributed by atoms with Crippen LogP contribution < -0.4 is 5.73 Å². The highest BCUT2D eigenvalue weighted by Gasteiger charge is 2.22. The molecule has 0 aliphatic carbocycles. The first kappa shape index (κ1) is 13.5. The molecule has 5 heteroatoms. The molecule has 0 spiro atoms. The van der Waals surface area contributed by atoms with E-state index in [1.165, 1.54) is 12.8 Å². The second-order valence-corrected chi connectivity index (χ2v) is 5.33. The number of aryl methyl sites for hydroxylation is 1. The second kappa shape index (κ2) is 6.29. The van der Waals surface area contributed by atoms with E-state index in [0.717, 1.165) is 44.2 Å². The number of hydrogen-bond acceptors (Lipinski definition) is 5. The highest BCUT2D eigenvalue weighted by Crippen LogP contribution is 2.20. The standard InChI is InChI=1S/C13H24N4O/c1-3-4-13-15-12(16-18-13)9-17-7-5-11(6-8-17)10(2)14/h10-11H,3-9,14H2,1-2H3. The van der Waals surface area contributed by atoms with Gasteiger partial charge in [-0.3, -0.25) is 4.90 Å². The van der Waals surface area contributed by atoms with Crippen molar-refractivity contribution in [3.8, 4) is 0 Å². The van der Waals surface area contributed by atoms with E-state index in [2.05, 4.69) is 28.9 Å². The summed E-state index contributed by atoms with van der Waals surface area (Å²) in [5.41, 5.74) is 5.94. The van der Waals surface area contributed by atoms with Crippen molar-refractivity contribution in [2.24, 2.45) is 11.7 Å². The maximum absolute atomic E-state index is 5.94. The average molecular weight is 252 g/mol. The smallest absolute Gasteiger partial charge is 0.226 e. The molecule has 1 unspecified atom stereocenters. The largest absolute Gasteiger partial charge is 0.339 e. The number of piperidine rings is 1. The van der Waals surface area contributed by atoms with Gasteiger partial charge in [0.05, 0.1) is 6.54 Å². The SMILES string of the molecule is CCCc1nc(CN2CCC(C(C)N)CC2)no1. The molecule has 2 heterocycles. The zero-order valence-electron chi connectivity index (χ0n) is 11.4. The molecule has 1 atom stereocenters. The van der Waals surface area contributed by atoms with Crippen LogP contribution in [-0.4, -0.2) is 34.2 Å². The molecule has 1 aliphatic rings. The summed E-state index contributed by atoms with van der Waals surface area (Å²) in [5.74, 6) is 2.25. The first-order valence-electron chi connectivity index (χ1n) is 6.98. The summed E-state index contributed by atoms with van der Waals surface area (Å²) in [4.78, 5) is 6.79. The van der Waals surface area contributed by atoms with Crippen LogP contribution in [-0.2, 0) is 13.0 Å². The molecule has 1 aromatic heterocycles. The van der Waals surface area contributed by atoms with E-state index in [9.17, 15) is 0 Å². The minimum atomic E-state index is 0.313. The second-order valence-electron chi connectivity index (χ2n) is 5.33. The molecule has 102 valence electrons. The molecule has 2 rings (SSSR count). The Labute approximate surface area is 109 Å². The number of aromatic nitrogens is 2. The monoisotopic (exact) mass is 252 g/mol. The first-order valence-corrected chi connectivity index (χ1v) is 6.98. The summed E-state index contributed by atoms with van der Waals surface area (Å²) < 4.78 is 5.20.